The average Bonchev–Trinajstić information content (AvgIpc) is 3.28. The summed E-state index contributed by atoms with van der Waals surface area (Å²) in [6.45, 7) is 0. The number of phosphoric acid groups is 1. The Balaban J connectivity index is 0.000000238. The third kappa shape index (κ3) is 14.7. The van der Waals surface area contributed by atoms with Crippen molar-refractivity contribution in [3.8, 4) is 107 Å². The van der Waals surface area contributed by atoms with Crippen LogP contribution in [-0.2, 0) is 4.57 Å². The quantitative estimate of drug-likeness (QED) is 0.0573. The zero-order valence-corrected chi connectivity index (χ0v) is 33.5. The number of nitriles is 6. The molecule has 0 amide bonds. The van der Waals surface area contributed by atoms with Crippen molar-refractivity contribution in [1.82, 2.24) is 0 Å². The Kier molecular flexibility index (Phi) is 16.4. The Morgan fingerprint density at radius 2 is 0.444 bits per heavy atom. The SMILES string of the molecule is N#COc1ccc(OP(=O)(Oc2ccc(OC#N)cc2)Oc2ccc(OC#N)cc2)cc1.N#COc1ccc(OP(Oc2ccc(OC#N)cc2)Oc2ccc(OC#N)cc2)cc1. The van der Waals surface area contributed by atoms with E-state index >= 15 is 0 Å². The van der Waals surface area contributed by atoms with Crippen LogP contribution in [0.2, 0.25) is 0 Å². The van der Waals surface area contributed by atoms with E-state index < -0.39 is 16.4 Å². The molecule has 0 saturated carbocycles. The number of ether oxygens (including phenoxy) is 6. The lowest BCUT2D eigenvalue weighted by molar-refractivity contribution is 0.298. The Labute approximate surface area is 359 Å². The van der Waals surface area contributed by atoms with Crippen molar-refractivity contribution in [2.45, 2.75) is 0 Å². The molecule has 6 rings (SSSR count). The number of rotatable bonds is 18. The van der Waals surface area contributed by atoms with Gasteiger partial charge < -0.3 is 55.6 Å². The molecule has 0 atom stereocenters. The van der Waals surface area contributed by atoms with Crippen LogP contribution >= 0.6 is 16.4 Å². The maximum absolute atomic E-state index is 13.4. The predicted octanol–water partition coefficient (Wildman–Crippen LogP) is 9.94. The van der Waals surface area contributed by atoms with E-state index in [0.717, 1.165) is 0 Å². The van der Waals surface area contributed by atoms with Gasteiger partial charge in [-0.1, -0.05) is 0 Å². The highest BCUT2D eigenvalue weighted by Gasteiger charge is 2.33. The second-order valence-electron chi connectivity index (χ2n) is 11.2. The second-order valence-corrected chi connectivity index (χ2v) is 13.6. The van der Waals surface area contributed by atoms with Crippen molar-refractivity contribution in [2.75, 3.05) is 0 Å². The molecule has 19 nitrogen and oxygen atoms in total. The van der Waals surface area contributed by atoms with Gasteiger partial charge in [-0.05, 0) is 146 Å². The first-order chi connectivity index (χ1) is 30.7. The first-order valence-electron chi connectivity index (χ1n) is 17.2. The number of hydrogen-bond donors (Lipinski definition) is 0. The van der Waals surface area contributed by atoms with Crippen LogP contribution < -0.4 is 55.6 Å². The summed E-state index contributed by atoms with van der Waals surface area (Å²) in [6.07, 6.45) is 9.38. The molecular weight excluding hydrogens is 858 g/mol. The molecule has 0 fully saturated rings. The molecule has 0 aliphatic carbocycles. The van der Waals surface area contributed by atoms with Crippen molar-refractivity contribution in [3.05, 3.63) is 146 Å². The fourth-order valence-electron chi connectivity index (χ4n) is 4.48. The molecule has 0 heterocycles. The van der Waals surface area contributed by atoms with Gasteiger partial charge in [0, 0.05) is 0 Å². The third-order valence-electron chi connectivity index (χ3n) is 7.11. The van der Waals surface area contributed by atoms with E-state index in [4.69, 9.17) is 87.1 Å². The minimum Gasteiger partial charge on any atom is -0.409 e. The zero-order valence-electron chi connectivity index (χ0n) is 31.7. The number of nitrogens with zero attached hydrogens (tertiary/aromatic N) is 6. The van der Waals surface area contributed by atoms with Crippen LogP contribution in [-0.4, -0.2) is 0 Å². The monoisotopic (exact) mass is 882 g/mol. The van der Waals surface area contributed by atoms with E-state index in [9.17, 15) is 4.57 Å². The van der Waals surface area contributed by atoms with Gasteiger partial charge in [0.05, 0.1) is 0 Å². The lowest BCUT2D eigenvalue weighted by Crippen LogP contribution is -2.07. The van der Waals surface area contributed by atoms with Gasteiger partial charge in [-0.3, -0.25) is 0 Å². The van der Waals surface area contributed by atoms with Gasteiger partial charge >= 0.3 is 16.4 Å². The fraction of sp³-hybridized carbons (Fsp3) is 0. The summed E-state index contributed by atoms with van der Waals surface area (Å²) >= 11 is 0. The normalized spacial score (nSPS) is 9.70. The van der Waals surface area contributed by atoms with Crippen LogP contribution in [0.4, 0.5) is 0 Å². The van der Waals surface area contributed by atoms with Crippen molar-refractivity contribution < 1.29 is 60.1 Å². The molecule has 0 aliphatic rings. The van der Waals surface area contributed by atoms with E-state index in [2.05, 4.69) is 0 Å². The molecule has 0 unspecified atom stereocenters. The lowest BCUT2D eigenvalue weighted by Gasteiger charge is -2.19. The van der Waals surface area contributed by atoms with E-state index in [1.165, 1.54) is 91.6 Å². The number of benzene rings is 6. The molecule has 63 heavy (non-hydrogen) atoms. The van der Waals surface area contributed by atoms with Crippen LogP contribution in [0.5, 0.6) is 69.0 Å². The van der Waals surface area contributed by atoms with Gasteiger partial charge in [0.2, 0.25) is 0 Å². The Hall–Kier alpha value is -9.48. The van der Waals surface area contributed by atoms with Crippen molar-refractivity contribution in [3.63, 3.8) is 0 Å². The first-order valence-corrected chi connectivity index (χ1v) is 19.8. The van der Waals surface area contributed by atoms with E-state index in [-0.39, 0.29) is 34.5 Å². The predicted molar refractivity (Wildman–Crippen MR) is 214 cm³/mol. The molecule has 0 aromatic heterocycles. The summed E-state index contributed by atoms with van der Waals surface area (Å²) in [4.78, 5) is 0. The van der Waals surface area contributed by atoms with E-state index in [1.807, 2.05) is 0 Å². The van der Waals surface area contributed by atoms with Crippen LogP contribution in [0.3, 0.4) is 0 Å². The minimum atomic E-state index is -4.29. The van der Waals surface area contributed by atoms with E-state index in [0.29, 0.717) is 34.5 Å². The third-order valence-corrected chi connectivity index (χ3v) is 9.50. The molecule has 310 valence electrons. The Bertz CT molecular complexity index is 2420. The van der Waals surface area contributed by atoms with Gasteiger partial charge in [-0.15, -0.1) is 31.6 Å². The van der Waals surface area contributed by atoms with Crippen molar-refractivity contribution in [2.24, 2.45) is 0 Å². The second kappa shape index (κ2) is 23.2. The van der Waals surface area contributed by atoms with Crippen LogP contribution in [0.25, 0.3) is 0 Å². The average molecular weight is 883 g/mol. The number of phosphoric ester groups is 1. The van der Waals surface area contributed by atoms with Gasteiger partial charge in [-0.25, -0.2) is 0 Å². The van der Waals surface area contributed by atoms with Crippen molar-refractivity contribution >= 4 is 16.4 Å². The molecular formula is C42H24N6O13P2. The minimum absolute atomic E-state index is 0.118. The molecule has 6 aromatic rings. The summed E-state index contributed by atoms with van der Waals surface area (Å²) in [6, 6.07) is 36.1. The highest BCUT2D eigenvalue weighted by atomic mass is 31.2. The molecule has 0 N–H and O–H groups in total. The fourth-order valence-corrected chi connectivity index (χ4v) is 6.73. The van der Waals surface area contributed by atoms with Gasteiger partial charge in [0.25, 0.3) is 37.5 Å². The summed E-state index contributed by atoms with van der Waals surface area (Å²) in [7, 11) is -6.25. The van der Waals surface area contributed by atoms with Crippen LogP contribution in [0.1, 0.15) is 0 Å². The largest absolute Gasteiger partial charge is 0.647 e. The summed E-state index contributed by atoms with van der Waals surface area (Å²) < 4.78 is 75.7. The standard InChI is InChI=1S/C21H12N3O7P.C21H12N3O6P/c22-13-26-16-1-7-19(8-2-16)29-32(25,30-20-9-3-17(4-10-20)27-14-23)31-21-11-5-18(6-12-21)28-15-24;22-13-25-16-1-7-19(8-2-16)28-31(29-20-9-3-17(4-10-20)26-14-23)30-21-11-5-18(6-12-21)27-15-24/h1-12H;1-12H. The molecule has 0 bridgehead atoms. The van der Waals surface area contributed by atoms with Crippen LogP contribution in [0, 0.1) is 69.1 Å². The Morgan fingerprint density at radius 3 is 0.619 bits per heavy atom. The summed E-state index contributed by atoms with van der Waals surface area (Å²) in [5.41, 5.74) is 0. The summed E-state index contributed by atoms with van der Waals surface area (Å²) in [5.74, 6) is 3.49. The summed E-state index contributed by atoms with van der Waals surface area (Å²) in [5, 5.41) is 51.4. The molecule has 0 radical (unpaired) electrons. The highest BCUT2D eigenvalue weighted by Crippen LogP contribution is 2.50. The highest BCUT2D eigenvalue weighted by molar-refractivity contribution is 7.49. The maximum Gasteiger partial charge on any atom is 0.647 e. The lowest BCUT2D eigenvalue weighted by atomic mass is 10.3. The smallest absolute Gasteiger partial charge is 0.409 e. The molecule has 6 aromatic carbocycles. The molecule has 0 saturated heterocycles. The van der Waals surface area contributed by atoms with Gasteiger partial charge in [-0.2, -0.15) is 4.57 Å². The molecule has 21 heteroatoms. The van der Waals surface area contributed by atoms with E-state index in [1.54, 1.807) is 91.6 Å². The maximum atomic E-state index is 13.4. The first kappa shape index (κ1) is 44.6. The van der Waals surface area contributed by atoms with Crippen molar-refractivity contribution in [1.29, 1.82) is 31.6 Å². The topological polar surface area (TPSA) is 271 Å². The molecule has 0 aliphatic heterocycles. The van der Waals surface area contributed by atoms with Crippen LogP contribution in [0.15, 0.2) is 146 Å². The Morgan fingerprint density at radius 1 is 0.286 bits per heavy atom. The molecule has 0 spiro atoms. The van der Waals surface area contributed by atoms with Gasteiger partial charge in [0.1, 0.15) is 69.0 Å². The number of hydrogen-bond acceptors (Lipinski definition) is 19. The zero-order chi connectivity index (χ0) is 44.7. The van der Waals surface area contributed by atoms with Gasteiger partial charge in [0.15, 0.2) is 0 Å².